The number of hydrogen-bond donors (Lipinski definition) is 1. The smallest absolute Gasteiger partial charge is 0.279 e. The highest BCUT2D eigenvalue weighted by molar-refractivity contribution is 7.13. The highest BCUT2D eigenvalue weighted by atomic mass is 32.1. The Morgan fingerprint density at radius 2 is 2.44 bits per heavy atom. The summed E-state index contributed by atoms with van der Waals surface area (Å²) >= 11 is 1.37. The van der Waals surface area contributed by atoms with E-state index in [9.17, 15) is 4.79 Å². The lowest BCUT2D eigenvalue weighted by Crippen LogP contribution is -2.11. The maximum Gasteiger partial charge on any atom is 0.279 e. The first-order valence-corrected chi connectivity index (χ1v) is 5.88. The van der Waals surface area contributed by atoms with Crippen LogP contribution < -0.4 is 5.32 Å². The SMILES string of the molecule is O=C(Nc1nccs1)c1cc(C2CC2)on1. The Hall–Kier alpha value is -1.69. The summed E-state index contributed by atoms with van der Waals surface area (Å²) in [7, 11) is 0. The number of carbonyl (C=O) groups is 1. The van der Waals surface area contributed by atoms with E-state index in [2.05, 4.69) is 15.5 Å². The van der Waals surface area contributed by atoms with Gasteiger partial charge in [-0.1, -0.05) is 5.16 Å². The number of anilines is 1. The Morgan fingerprint density at radius 1 is 1.56 bits per heavy atom. The van der Waals surface area contributed by atoms with Crippen LogP contribution in [0.1, 0.15) is 35.0 Å². The largest absolute Gasteiger partial charge is 0.360 e. The first kappa shape index (κ1) is 9.53. The molecule has 1 saturated carbocycles. The van der Waals surface area contributed by atoms with Crippen molar-refractivity contribution in [3.8, 4) is 0 Å². The molecule has 0 aromatic carbocycles. The van der Waals surface area contributed by atoms with Crippen LogP contribution in [0.5, 0.6) is 0 Å². The van der Waals surface area contributed by atoms with Crippen LogP contribution in [-0.4, -0.2) is 16.0 Å². The second-order valence-electron chi connectivity index (χ2n) is 3.68. The number of hydrogen-bond acceptors (Lipinski definition) is 5. The van der Waals surface area contributed by atoms with Gasteiger partial charge >= 0.3 is 0 Å². The van der Waals surface area contributed by atoms with Gasteiger partial charge in [0.05, 0.1) is 0 Å². The van der Waals surface area contributed by atoms with Crippen molar-refractivity contribution < 1.29 is 9.32 Å². The summed E-state index contributed by atoms with van der Waals surface area (Å²) in [6, 6.07) is 1.71. The van der Waals surface area contributed by atoms with Gasteiger partial charge in [0.15, 0.2) is 10.8 Å². The van der Waals surface area contributed by atoms with Gasteiger partial charge in [0.2, 0.25) is 0 Å². The Bertz CT molecular complexity index is 502. The average Bonchev–Trinajstić information content (AvgIpc) is 2.82. The molecular formula is C10H9N3O2S. The van der Waals surface area contributed by atoms with Gasteiger partial charge in [-0.15, -0.1) is 11.3 Å². The van der Waals surface area contributed by atoms with E-state index >= 15 is 0 Å². The maximum atomic E-state index is 11.7. The topological polar surface area (TPSA) is 68.0 Å². The predicted molar refractivity (Wildman–Crippen MR) is 58.5 cm³/mol. The van der Waals surface area contributed by atoms with Gasteiger partial charge in [0.25, 0.3) is 5.91 Å². The van der Waals surface area contributed by atoms with Crippen LogP contribution >= 0.6 is 11.3 Å². The molecule has 16 heavy (non-hydrogen) atoms. The Kier molecular flexibility index (Phi) is 2.21. The lowest BCUT2D eigenvalue weighted by molar-refractivity contribution is 0.101. The zero-order chi connectivity index (χ0) is 11.0. The fourth-order valence-corrected chi connectivity index (χ4v) is 1.93. The number of carbonyl (C=O) groups excluding carboxylic acids is 1. The van der Waals surface area contributed by atoms with Crippen molar-refractivity contribution in [2.24, 2.45) is 0 Å². The highest BCUT2D eigenvalue weighted by Gasteiger charge is 2.28. The van der Waals surface area contributed by atoms with Gasteiger partial charge in [0.1, 0.15) is 5.76 Å². The van der Waals surface area contributed by atoms with E-state index in [1.165, 1.54) is 11.3 Å². The van der Waals surface area contributed by atoms with Crippen molar-refractivity contribution in [1.29, 1.82) is 0 Å². The summed E-state index contributed by atoms with van der Waals surface area (Å²) in [5.74, 6) is 1.00. The number of thiazole rings is 1. The fraction of sp³-hybridized carbons (Fsp3) is 0.300. The standard InChI is InChI=1S/C10H9N3O2S/c14-9(12-10-11-3-4-16-10)7-5-8(15-13-7)6-1-2-6/h3-6H,1-2H2,(H,11,12,14). The summed E-state index contributed by atoms with van der Waals surface area (Å²) in [5, 5.41) is 8.77. The zero-order valence-corrected chi connectivity index (χ0v) is 9.16. The maximum absolute atomic E-state index is 11.7. The number of rotatable bonds is 3. The lowest BCUT2D eigenvalue weighted by atomic mass is 10.3. The first-order chi connectivity index (χ1) is 7.83. The molecule has 1 fully saturated rings. The van der Waals surface area contributed by atoms with Crippen LogP contribution in [0.15, 0.2) is 22.2 Å². The molecule has 2 aromatic heterocycles. The van der Waals surface area contributed by atoms with Crippen molar-refractivity contribution in [3.63, 3.8) is 0 Å². The molecule has 0 unspecified atom stereocenters. The predicted octanol–water partition coefficient (Wildman–Crippen LogP) is 2.26. The summed E-state index contributed by atoms with van der Waals surface area (Å²) in [5.41, 5.74) is 0.317. The molecule has 1 amide bonds. The van der Waals surface area contributed by atoms with Crippen LogP contribution in [0.2, 0.25) is 0 Å². The zero-order valence-electron chi connectivity index (χ0n) is 8.34. The van der Waals surface area contributed by atoms with Crippen LogP contribution in [0.4, 0.5) is 5.13 Å². The molecule has 1 aliphatic carbocycles. The summed E-state index contributed by atoms with van der Waals surface area (Å²) < 4.78 is 5.10. The molecule has 1 N–H and O–H groups in total. The molecule has 2 heterocycles. The third kappa shape index (κ3) is 1.83. The van der Waals surface area contributed by atoms with Gasteiger partial charge in [0, 0.05) is 23.6 Å². The second kappa shape index (κ2) is 3.71. The molecule has 0 bridgehead atoms. The van der Waals surface area contributed by atoms with E-state index in [1.807, 2.05) is 0 Å². The van der Waals surface area contributed by atoms with Crippen molar-refractivity contribution in [3.05, 3.63) is 29.1 Å². The molecule has 6 heteroatoms. The minimum Gasteiger partial charge on any atom is -0.360 e. The van der Waals surface area contributed by atoms with E-state index in [-0.39, 0.29) is 5.91 Å². The van der Waals surface area contributed by atoms with Crippen molar-refractivity contribution in [2.45, 2.75) is 18.8 Å². The van der Waals surface area contributed by atoms with Crippen molar-refractivity contribution >= 4 is 22.4 Å². The summed E-state index contributed by atoms with van der Waals surface area (Å²) in [6.45, 7) is 0. The summed E-state index contributed by atoms with van der Waals surface area (Å²) in [6.07, 6.45) is 3.89. The van der Waals surface area contributed by atoms with Crippen LogP contribution in [-0.2, 0) is 0 Å². The second-order valence-corrected chi connectivity index (χ2v) is 4.57. The Labute approximate surface area is 95.5 Å². The van der Waals surface area contributed by atoms with Gasteiger partial charge in [-0.25, -0.2) is 4.98 Å². The molecule has 0 atom stereocenters. The minimum atomic E-state index is -0.273. The number of nitrogens with zero attached hydrogens (tertiary/aromatic N) is 2. The van der Waals surface area contributed by atoms with E-state index < -0.39 is 0 Å². The van der Waals surface area contributed by atoms with Gasteiger partial charge in [-0.05, 0) is 12.8 Å². The minimum absolute atomic E-state index is 0.273. The van der Waals surface area contributed by atoms with Crippen LogP contribution in [0.25, 0.3) is 0 Å². The van der Waals surface area contributed by atoms with Gasteiger partial charge in [-0.2, -0.15) is 0 Å². The van der Waals surface area contributed by atoms with E-state index in [0.717, 1.165) is 18.6 Å². The van der Waals surface area contributed by atoms with E-state index in [0.29, 0.717) is 16.7 Å². The quantitative estimate of drug-likeness (QED) is 0.886. The number of nitrogens with one attached hydrogen (secondary N) is 1. The molecule has 5 nitrogen and oxygen atoms in total. The molecule has 0 radical (unpaired) electrons. The van der Waals surface area contributed by atoms with Crippen molar-refractivity contribution in [1.82, 2.24) is 10.1 Å². The molecule has 0 saturated heterocycles. The lowest BCUT2D eigenvalue weighted by Gasteiger charge is -1.95. The molecule has 0 spiro atoms. The van der Waals surface area contributed by atoms with Gasteiger partial charge < -0.3 is 4.52 Å². The monoisotopic (exact) mass is 235 g/mol. The highest BCUT2D eigenvalue weighted by Crippen LogP contribution is 2.40. The fourth-order valence-electron chi connectivity index (χ4n) is 1.40. The Balaban J connectivity index is 1.73. The third-order valence-corrected chi connectivity index (χ3v) is 3.08. The average molecular weight is 235 g/mol. The normalized spacial score (nSPS) is 15.0. The first-order valence-electron chi connectivity index (χ1n) is 5.00. The molecule has 1 aliphatic rings. The van der Waals surface area contributed by atoms with E-state index in [4.69, 9.17) is 4.52 Å². The Morgan fingerprint density at radius 3 is 3.12 bits per heavy atom. The molecular weight excluding hydrogens is 226 g/mol. The molecule has 82 valence electrons. The van der Waals surface area contributed by atoms with Crippen molar-refractivity contribution in [2.75, 3.05) is 5.32 Å². The van der Waals surface area contributed by atoms with Gasteiger partial charge in [-0.3, -0.25) is 10.1 Å². The third-order valence-electron chi connectivity index (χ3n) is 2.39. The number of amides is 1. The van der Waals surface area contributed by atoms with Crippen LogP contribution in [0, 0.1) is 0 Å². The number of aromatic nitrogens is 2. The summed E-state index contributed by atoms with van der Waals surface area (Å²) in [4.78, 5) is 15.7. The van der Waals surface area contributed by atoms with E-state index in [1.54, 1.807) is 17.6 Å². The van der Waals surface area contributed by atoms with Crippen LogP contribution in [0.3, 0.4) is 0 Å². The molecule has 2 aromatic rings. The molecule has 3 rings (SSSR count). The molecule has 0 aliphatic heterocycles.